The summed E-state index contributed by atoms with van der Waals surface area (Å²) in [5, 5.41) is 19.0. The van der Waals surface area contributed by atoms with E-state index in [1.807, 2.05) is 4.98 Å². The summed E-state index contributed by atoms with van der Waals surface area (Å²) < 4.78 is 6.02. The molecule has 0 amide bonds. The van der Waals surface area contributed by atoms with Gasteiger partial charge >= 0.3 is 5.69 Å². The van der Waals surface area contributed by atoms with E-state index in [1.54, 1.807) is 0 Å². The zero-order chi connectivity index (χ0) is 11.9. The fourth-order valence-electron chi connectivity index (χ4n) is 1.49. The number of aliphatic hydroxyl groups excluding tert-OH is 2. The molecule has 2 rings (SSSR count). The number of ether oxygens (including phenoxy) is 1. The molecule has 0 saturated carbocycles. The highest BCUT2D eigenvalue weighted by atomic mass is 16.5. The number of hydrogen-bond acceptors (Lipinski definition) is 5. The number of rotatable bonds is 1. The van der Waals surface area contributed by atoms with Crippen LogP contribution in [0.1, 0.15) is 6.23 Å². The van der Waals surface area contributed by atoms with E-state index in [2.05, 4.69) is 6.58 Å². The van der Waals surface area contributed by atoms with Gasteiger partial charge in [0.05, 0.1) is 0 Å². The van der Waals surface area contributed by atoms with E-state index in [9.17, 15) is 19.8 Å². The summed E-state index contributed by atoms with van der Waals surface area (Å²) in [6.45, 7) is 3.39. The van der Waals surface area contributed by atoms with Crippen molar-refractivity contribution in [1.29, 1.82) is 0 Å². The highest BCUT2D eigenvalue weighted by molar-refractivity contribution is 5.05. The molecule has 3 atom stereocenters. The molecule has 1 aromatic rings. The summed E-state index contributed by atoms with van der Waals surface area (Å²) >= 11 is 0. The van der Waals surface area contributed by atoms with Crippen LogP contribution in [0.2, 0.25) is 0 Å². The Labute approximate surface area is 89.2 Å². The quantitative estimate of drug-likeness (QED) is 0.529. The van der Waals surface area contributed by atoms with Gasteiger partial charge in [-0.2, -0.15) is 0 Å². The normalized spacial score (nSPS) is 29.1. The highest BCUT2D eigenvalue weighted by Gasteiger charge is 2.40. The van der Waals surface area contributed by atoms with Crippen LogP contribution in [0.4, 0.5) is 0 Å². The minimum atomic E-state index is -1.30. The standard InChI is InChI=1S/C9H10N2O5/c1-4-6(13)7(14)8(16-4)11-3-2-5(12)10-9(11)15/h2-3,6-8,13-14H,1H2,(H,10,12,15)/t6?,7-,8+/m0/s1. The Morgan fingerprint density at radius 2 is 2.12 bits per heavy atom. The molecule has 1 unspecified atom stereocenters. The Morgan fingerprint density at radius 1 is 1.44 bits per heavy atom. The number of H-pyrrole nitrogens is 1. The van der Waals surface area contributed by atoms with Crippen LogP contribution in [0.5, 0.6) is 0 Å². The van der Waals surface area contributed by atoms with Crippen LogP contribution >= 0.6 is 0 Å². The molecule has 0 radical (unpaired) electrons. The molecule has 7 nitrogen and oxygen atoms in total. The van der Waals surface area contributed by atoms with Crippen molar-refractivity contribution >= 4 is 0 Å². The molecular formula is C9H10N2O5. The monoisotopic (exact) mass is 226 g/mol. The SMILES string of the molecule is C=C1O[C@@H](n2ccc(=O)[nH]c2=O)[C@@H](O)C1O. The second-order valence-electron chi connectivity index (χ2n) is 3.43. The molecule has 7 heteroatoms. The van der Waals surface area contributed by atoms with Crippen LogP contribution in [0.3, 0.4) is 0 Å². The van der Waals surface area contributed by atoms with Gasteiger partial charge in [0.2, 0.25) is 6.23 Å². The van der Waals surface area contributed by atoms with Gasteiger partial charge in [0.25, 0.3) is 5.56 Å². The van der Waals surface area contributed by atoms with Crippen molar-refractivity contribution in [3.05, 3.63) is 45.4 Å². The largest absolute Gasteiger partial charge is 0.469 e. The highest BCUT2D eigenvalue weighted by Crippen LogP contribution is 2.29. The topological polar surface area (TPSA) is 105 Å². The average Bonchev–Trinajstić information content (AvgIpc) is 2.46. The van der Waals surface area contributed by atoms with Gasteiger partial charge in [0.1, 0.15) is 18.0 Å². The Kier molecular flexibility index (Phi) is 2.41. The van der Waals surface area contributed by atoms with E-state index >= 15 is 0 Å². The minimum absolute atomic E-state index is 0.0180. The molecule has 1 fully saturated rings. The summed E-state index contributed by atoms with van der Waals surface area (Å²) in [4.78, 5) is 24.2. The van der Waals surface area contributed by atoms with E-state index in [0.29, 0.717) is 0 Å². The van der Waals surface area contributed by atoms with Crippen molar-refractivity contribution in [3.8, 4) is 0 Å². The van der Waals surface area contributed by atoms with E-state index in [0.717, 1.165) is 10.6 Å². The fourth-order valence-corrected chi connectivity index (χ4v) is 1.49. The van der Waals surface area contributed by atoms with Crippen LogP contribution in [0.15, 0.2) is 34.2 Å². The molecule has 16 heavy (non-hydrogen) atoms. The van der Waals surface area contributed by atoms with Gasteiger partial charge in [-0.15, -0.1) is 0 Å². The smallest absolute Gasteiger partial charge is 0.331 e. The summed E-state index contributed by atoms with van der Waals surface area (Å²) in [5.41, 5.74) is -1.27. The summed E-state index contributed by atoms with van der Waals surface area (Å²) in [7, 11) is 0. The lowest BCUT2D eigenvalue weighted by Gasteiger charge is -2.15. The maximum Gasteiger partial charge on any atom is 0.331 e. The van der Waals surface area contributed by atoms with Gasteiger partial charge in [0, 0.05) is 12.3 Å². The van der Waals surface area contributed by atoms with Gasteiger partial charge in [-0.05, 0) is 0 Å². The van der Waals surface area contributed by atoms with Gasteiger partial charge in [-0.3, -0.25) is 14.3 Å². The summed E-state index contributed by atoms with van der Waals surface area (Å²) in [5.74, 6) is -0.0180. The van der Waals surface area contributed by atoms with Gasteiger partial charge < -0.3 is 14.9 Å². The first-order valence-corrected chi connectivity index (χ1v) is 4.54. The van der Waals surface area contributed by atoms with E-state index in [1.165, 1.54) is 6.20 Å². The van der Waals surface area contributed by atoms with Crippen molar-refractivity contribution in [1.82, 2.24) is 9.55 Å². The first-order valence-electron chi connectivity index (χ1n) is 4.54. The lowest BCUT2D eigenvalue weighted by atomic mass is 10.2. The maximum absolute atomic E-state index is 11.4. The van der Waals surface area contributed by atoms with E-state index in [4.69, 9.17) is 4.74 Å². The van der Waals surface area contributed by atoms with Gasteiger partial charge in [-0.1, -0.05) is 6.58 Å². The molecule has 3 N–H and O–H groups in total. The van der Waals surface area contributed by atoms with Gasteiger partial charge in [-0.25, -0.2) is 4.79 Å². The van der Waals surface area contributed by atoms with E-state index < -0.39 is 29.7 Å². The molecular weight excluding hydrogens is 216 g/mol. The zero-order valence-electron chi connectivity index (χ0n) is 8.16. The Balaban J connectivity index is 2.43. The fraction of sp³-hybridized carbons (Fsp3) is 0.333. The Hall–Kier alpha value is -1.86. The summed E-state index contributed by atoms with van der Waals surface area (Å²) in [6, 6.07) is 1.12. The third kappa shape index (κ3) is 1.55. The first kappa shape index (κ1) is 10.7. The molecule has 0 aromatic carbocycles. The van der Waals surface area contributed by atoms with Crippen molar-refractivity contribution in [2.75, 3.05) is 0 Å². The van der Waals surface area contributed by atoms with Crippen molar-refractivity contribution in [2.24, 2.45) is 0 Å². The number of nitrogens with zero attached hydrogens (tertiary/aromatic N) is 1. The third-order valence-corrected chi connectivity index (χ3v) is 2.34. The number of hydrogen-bond donors (Lipinski definition) is 3. The van der Waals surface area contributed by atoms with Crippen LogP contribution in [0, 0.1) is 0 Å². The molecule has 86 valence electrons. The second kappa shape index (κ2) is 3.62. The molecule has 2 heterocycles. The maximum atomic E-state index is 11.4. The molecule has 0 bridgehead atoms. The zero-order valence-corrected chi connectivity index (χ0v) is 8.16. The second-order valence-corrected chi connectivity index (χ2v) is 3.43. The van der Waals surface area contributed by atoms with Crippen LogP contribution in [-0.2, 0) is 4.74 Å². The third-order valence-electron chi connectivity index (χ3n) is 2.34. The average molecular weight is 226 g/mol. The van der Waals surface area contributed by atoms with Crippen LogP contribution in [0.25, 0.3) is 0 Å². The lowest BCUT2D eigenvalue weighted by molar-refractivity contribution is -0.0163. The first-order chi connectivity index (χ1) is 7.50. The number of nitrogens with one attached hydrogen (secondary N) is 1. The van der Waals surface area contributed by atoms with Crippen molar-refractivity contribution < 1.29 is 14.9 Å². The predicted octanol–water partition coefficient (Wildman–Crippen LogP) is -1.70. The number of aliphatic hydroxyl groups is 2. The molecule has 0 aliphatic carbocycles. The molecule has 1 aliphatic rings. The van der Waals surface area contributed by atoms with Crippen LogP contribution in [-0.4, -0.2) is 32.0 Å². The predicted molar refractivity (Wildman–Crippen MR) is 52.6 cm³/mol. The molecule has 1 aliphatic heterocycles. The van der Waals surface area contributed by atoms with E-state index in [-0.39, 0.29) is 5.76 Å². The van der Waals surface area contributed by atoms with Crippen molar-refractivity contribution in [3.63, 3.8) is 0 Å². The Morgan fingerprint density at radius 3 is 2.62 bits per heavy atom. The van der Waals surface area contributed by atoms with Crippen molar-refractivity contribution in [2.45, 2.75) is 18.4 Å². The summed E-state index contributed by atoms with van der Waals surface area (Å²) in [6.07, 6.45) is -2.44. The number of aromatic amines is 1. The molecule has 0 spiro atoms. The lowest BCUT2D eigenvalue weighted by Crippen LogP contribution is -2.37. The molecule has 1 aromatic heterocycles. The van der Waals surface area contributed by atoms with Gasteiger partial charge in [0.15, 0.2) is 0 Å². The Bertz CT molecular complexity index is 531. The number of aromatic nitrogens is 2. The minimum Gasteiger partial charge on any atom is -0.469 e. The molecule has 1 saturated heterocycles. The van der Waals surface area contributed by atoms with Crippen LogP contribution < -0.4 is 11.2 Å².